The van der Waals surface area contributed by atoms with Crippen molar-refractivity contribution in [2.24, 2.45) is 0 Å². The van der Waals surface area contributed by atoms with Crippen LogP contribution in [0, 0.1) is 10.1 Å². The number of nitrogens with one attached hydrogen (secondary N) is 1. The van der Waals surface area contributed by atoms with Crippen molar-refractivity contribution in [3.05, 3.63) is 62.5 Å². The van der Waals surface area contributed by atoms with Gasteiger partial charge in [-0.05, 0) is 19.4 Å². The Kier molecular flexibility index (Phi) is 5.43. The molecule has 0 unspecified atom stereocenters. The molecule has 0 saturated carbocycles. The minimum atomic E-state index is -1.28. The monoisotopic (exact) mass is 336 g/mol. The standard InChI is InChI=1S/C15H14N2O6.H2O/c1-7-11(14(18)19)13(12(15(20)21)8(2)16-7)9-4-3-5-10(6-9)17(22)23;/h3-6,13,16H,1-2H3,(H,18,19)(H,20,21);1H2. The first-order valence-electron chi connectivity index (χ1n) is 6.63. The van der Waals surface area contributed by atoms with Crippen molar-refractivity contribution in [3.8, 4) is 0 Å². The van der Waals surface area contributed by atoms with Crippen LogP contribution in [0.2, 0.25) is 0 Å². The van der Waals surface area contributed by atoms with Crippen LogP contribution in [0.4, 0.5) is 5.69 Å². The van der Waals surface area contributed by atoms with Crippen molar-refractivity contribution in [1.29, 1.82) is 0 Å². The molecule has 0 spiro atoms. The number of nitrogens with zero attached hydrogens (tertiary/aromatic N) is 1. The summed E-state index contributed by atoms with van der Waals surface area (Å²) < 4.78 is 0. The number of hydrogen-bond donors (Lipinski definition) is 3. The van der Waals surface area contributed by atoms with Crippen LogP contribution in [-0.2, 0) is 9.59 Å². The zero-order valence-corrected chi connectivity index (χ0v) is 12.9. The Morgan fingerprint density at radius 1 is 1.12 bits per heavy atom. The summed E-state index contributed by atoms with van der Waals surface area (Å²) in [6, 6.07) is 5.34. The van der Waals surface area contributed by atoms with Gasteiger partial charge in [-0.1, -0.05) is 12.1 Å². The van der Waals surface area contributed by atoms with Gasteiger partial charge in [0.2, 0.25) is 0 Å². The van der Waals surface area contributed by atoms with Gasteiger partial charge in [0.15, 0.2) is 0 Å². The maximum absolute atomic E-state index is 11.6. The van der Waals surface area contributed by atoms with E-state index < -0.39 is 22.8 Å². The van der Waals surface area contributed by atoms with E-state index >= 15 is 0 Å². The van der Waals surface area contributed by atoms with Crippen LogP contribution in [0.5, 0.6) is 0 Å². The van der Waals surface area contributed by atoms with Crippen LogP contribution in [0.15, 0.2) is 46.8 Å². The fourth-order valence-corrected chi connectivity index (χ4v) is 2.71. The van der Waals surface area contributed by atoms with E-state index in [0.29, 0.717) is 11.4 Å². The van der Waals surface area contributed by atoms with Crippen LogP contribution < -0.4 is 5.32 Å². The van der Waals surface area contributed by atoms with Gasteiger partial charge < -0.3 is 21.0 Å². The first-order chi connectivity index (χ1) is 10.7. The van der Waals surface area contributed by atoms with Crippen molar-refractivity contribution >= 4 is 17.6 Å². The molecule has 2 rings (SSSR count). The summed E-state index contributed by atoms with van der Waals surface area (Å²) in [5, 5.41) is 32.6. The molecule has 0 aromatic heterocycles. The van der Waals surface area contributed by atoms with E-state index in [-0.39, 0.29) is 27.9 Å². The van der Waals surface area contributed by atoms with Gasteiger partial charge >= 0.3 is 11.9 Å². The van der Waals surface area contributed by atoms with Gasteiger partial charge in [0, 0.05) is 23.5 Å². The summed E-state index contributed by atoms with van der Waals surface area (Å²) in [4.78, 5) is 33.5. The molecule has 9 heteroatoms. The Morgan fingerprint density at radius 2 is 1.62 bits per heavy atom. The van der Waals surface area contributed by atoms with E-state index in [1.807, 2.05) is 0 Å². The molecule has 0 saturated heterocycles. The molecule has 0 bridgehead atoms. The van der Waals surface area contributed by atoms with Gasteiger partial charge in [-0.15, -0.1) is 0 Å². The van der Waals surface area contributed by atoms with E-state index in [1.54, 1.807) is 0 Å². The fraction of sp³-hybridized carbons (Fsp3) is 0.200. The third kappa shape index (κ3) is 3.25. The van der Waals surface area contributed by atoms with Crippen LogP contribution in [0.3, 0.4) is 0 Å². The summed E-state index contributed by atoms with van der Waals surface area (Å²) in [5.41, 5.74) is 0.329. The lowest BCUT2D eigenvalue weighted by Crippen LogP contribution is -2.31. The van der Waals surface area contributed by atoms with Crippen LogP contribution >= 0.6 is 0 Å². The van der Waals surface area contributed by atoms with Crippen molar-refractivity contribution in [1.82, 2.24) is 5.32 Å². The largest absolute Gasteiger partial charge is 0.478 e. The van der Waals surface area contributed by atoms with Crippen molar-refractivity contribution in [2.75, 3.05) is 0 Å². The lowest BCUT2D eigenvalue weighted by molar-refractivity contribution is -0.384. The molecule has 0 radical (unpaired) electrons. The number of carbonyl (C=O) groups is 2. The van der Waals surface area contributed by atoms with Crippen molar-refractivity contribution < 1.29 is 30.2 Å². The van der Waals surface area contributed by atoms with Crippen LogP contribution in [0.1, 0.15) is 25.3 Å². The topological polar surface area (TPSA) is 161 Å². The molecule has 0 amide bonds. The molecule has 128 valence electrons. The fourth-order valence-electron chi connectivity index (χ4n) is 2.71. The average molecular weight is 336 g/mol. The van der Waals surface area contributed by atoms with E-state index in [1.165, 1.54) is 38.1 Å². The molecule has 5 N–H and O–H groups in total. The first kappa shape index (κ1) is 18.8. The predicted molar refractivity (Wildman–Crippen MR) is 83.3 cm³/mol. The molecular weight excluding hydrogens is 320 g/mol. The molecule has 1 aliphatic rings. The van der Waals surface area contributed by atoms with Gasteiger partial charge in [0.1, 0.15) is 0 Å². The number of allylic oxidation sites excluding steroid dienone is 2. The van der Waals surface area contributed by atoms with Crippen molar-refractivity contribution in [3.63, 3.8) is 0 Å². The van der Waals surface area contributed by atoms with E-state index in [0.717, 1.165) is 0 Å². The lowest BCUT2D eigenvalue weighted by atomic mass is 9.80. The zero-order valence-electron chi connectivity index (χ0n) is 12.9. The smallest absolute Gasteiger partial charge is 0.334 e. The zero-order chi connectivity index (χ0) is 17.3. The molecular formula is C15H16N2O7. The van der Waals surface area contributed by atoms with Gasteiger partial charge in [-0.25, -0.2) is 9.59 Å². The minimum Gasteiger partial charge on any atom is -0.478 e. The molecule has 9 nitrogen and oxygen atoms in total. The minimum absolute atomic E-state index is 0. The number of non-ortho nitro benzene ring substituents is 1. The summed E-state index contributed by atoms with van der Waals surface area (Å²) in [6.45, 7) is 3.05. The summed E-state index contributed by atoms with van der Waals surface area (Å²) >= 11 is 0. The highest BCUT2D eigenvalue weighted by atomic mass is 16.6. The number of aliphatic carboxylic acids is 2. The molecule has 1 aromatic carbocycles. The number of hydrogen-bond acceptors (Lipinski definition) is 5. The Morgan fingerprint density at radius 3 is 2.04 bits per heavy atom. The molecule has 24 heavy (non-hydrogen) atoms. The molecule has 0 atom stereocenters. The summed E-state index contributed by atoms with van der Waals surface area (Å²) in [5.74, 6) is -3.65. The van der Waals surface area contributed by atoms with Gasteiger partial charge in [-0.3, -0.25) is 10.1 Å². The van der Waals surface area contributed by atoms with E-state index in [4.69, 9.17) is 0 Å². The Balaban J connectivity index is 0.00000288. The second kappa shape index (κ2) is 6.92. The lowest BCUT2D eigenvalue weighted by Gasteiger charge is -2.28. The molecule has 1 aliphatic heterocycles. The number of benzene rings is 1. The van der Waals surface area contributed by atoms with E-state index in [2.05, 4.69) is 5.32 Å². The molecule has 1 aromatic rings. The quantitative estimate of drug-likeness (QED) is 0.549. The maximum atomic E-state index is 11.6. The predicted octanol–water partition coefficient (Wildman–Crippen LogP) is 1.17. The number of dihydropyridines is 1. The van der Waals surface area contributed by atoms with Crippen LogP contribution in [-0.4, -0.2) is 32.6 Å². The highest BCUT2D eigenvalue weighted by Gasteiger charge is 2.36. The number of carboxylic acid groups (broad SMARTS) is 2. The Hall–Kier alpha value is -3.20. The molecule has 0 aliphatic carbocycles. The van der Waals surface area contributed by atoms with Gasteiger partial charge in [-0.2, -0.15) is 0 Å². The van der Waals surface area contributed by atoms with Gasteiger partial charge in [0.05, 0.1) is 22.0 Å². The second-order valence-corrected chi connectivity index (χ2v) is 5.10. The number of rotatable bonds is 4. The highest BCUT2D eigenvalue weighted by Crippen LogP contribution is 2.39. The maximum Gasteiger partial charge on any atom is 0.334 e. The first-order valence-corrected chi connectivity index (χ1v) is 6.63. The third-order valence-corrected chi connectivity index (χ3v) is 3.64. The second-order valence-electron chi connectivity index (χ2n) is 5.10. The number of nitro groups is 1. The Labute approximate surface area is 136 Å². The summed E-state index contributed by atoms with van der Waals surface area (Å²) in [6.07, 6.45) is 0. The van der Waals surface area contributed by atoms with Crippen molar-refractivity contribution in [2.45, 2.75) is 19.8 Å². The normalized spacial score (nSPS) is 14.8. The molecule has 0 fully saturated rings. The Bertz CT molecular complexity index is 744. The van der Waals surface area contributed by atoms with Crippen LogP contribution in [0.25, 0.3) is 0 Å². The van der Waals surface area contributed by atoms with Gasteiger partial charge in [0.25, 0.3) is 5.69 Å². The number of carboxylic acids is 2. The average Bonchev–Trinajstić information content (AvgIpc) is 2.45. The SMILES string of the molecule is CC1=C(C(=O)O)C(c2cccc([N+](=O)[O-])c2)C(C(=O)O)=C(C)N1.O. The third-order valence-electron chi connectivity index (χ3n) is 3.64. The highest BCUT2D eigenvalue weighted by molar-refractivity contribution is 5.98. The molecule has 1 heterocycles. The summed E-state index contributed by atoms with van der Waals surface area (Å²) in [7, 11) is 0. The van der Waals surface area contributed by atoms with E-state index in [9.17, 15) is 29.9 Å². The number of nitro benzene ring substituents is 1.